The normalized spacial score (nSPS) is 13.8. The molecular formula is C25H23Cl2N7O2. The second kappa shape index (κ2) is 10.1. The summed E-state index contributed by atoms with van der Waals surface area (Å²) in [6.45, 7) is 4.01. The van der Waals surface area contributed by atoms with Gasteiger partial charge in [-0.2, -0.15) is 9.97 Å². The number of nitrogens with zero attached hydrogens (tertiary/aromatic N) is 6. The first kappa shape index (κ1) is 24.0. The molecule has 0 saturated carbocycles. The molecule has 2 aromatic carbocycles. The van der Waals surface area contributed by atoms with Crippen molar-refractivity contribution in [1.82, 2.24) is 24.8 Å². The number of nitrogens with two attached hydrogens (primary N) is 1. The van der Waals surface area contributed by atoms with Crippen molar-refractivity contribution < 1.29 is 9.53 Å². The lowest BCUT2D eigenvalue weighted by Crippen LogP contribution is -2.50. The fourth-order valence-corrected chi connectivity index (χ4v) is 4.45. The molecule has 1 amide bonds. The maximum Gasteiger partial charge on any atom is 0.260 e. The van der Waals surface area contributed by atoms with Crippen LogP contribution in [0.5, 0.6) is 5.75 Å². The number of piperazine rings is 1. The van der Waals surface area contributed by atoms with Crippen molar-refractivity contribution in [2.24, 2.45) is 0 Å². The molecule has 2 aromatic heterocycles. The highest BCUT2D eigenvalue weighted by Gasteiger charge is 2.25. The van der Waals surface area contributed by atoms with E-state index in [0.717, 1.165) is 11.3 Å². The van der Waals surface area contributed by atoms with Gasteiger partial charge in [0.15, 0.2) is 23.6 Å². The third-order valence-corrected chi connectivity index (χ3v) is 6.46. The number of nitrogen functional groups attached to an aromatic ring is 1. The summed E-state index contributed by atoms with van der Waals surface area (Å²) in [6.07, 6.45) is 1.69. The van der Waals surface area contributed by atoms with E-state index in [1.807, 2.05) is 31.2 Å². The Morgan fingerprint density at radius 2 is 1.78 bits per heavy atom. The lowest BCUT2D eigenvalue weighted by molar-refractivity contribution is -0.133. The van der Waals surface area contributed by atoms with E-state index in [1.165, 1.54) is 5.56 Å². The number of rotatable bonds is 5. The average Bonchev–Trinajstić information content (AvgIpc) is 2.88. The Labute approximate surface area is 217 Å². The molecule has 4 aromatic rings. The van der Waals surface area contributed by atoms with Crippen molar-refractivity contribution in [2.75, 3.05) is 43.4 Å². The monoisotopic (exact) mass is 523 g/mol. The SMILES string of the molecule is Cc1ccc(-c2cnc3nc(N)nc(N4CCN(C(=O)COc5ccc(Cl)cc5Cl)CC4)c3n2)cc1. The number of carbonyl (C=O) groups is 1. The fourth-order valence-electron chi connectivity index (χ4n) is 3.98. The summed E-state index contributed by atoms with van der Waals surface area (Å²) < 4.78 is 5.60. The summed E-state index contributed by atoms with van der Waals surface area (Å²) in [4.78, 5) is 34.6. The molecule has 0 spiro atoms. The van der Waals surface area contributed by atoms with Crippen molar-refractivity contribution >= 4 is 52.0 Å². The molecule has 0 unspecified atom stereocenters. The van der Waals surface area contributed by atoms with Crippen LogP contribution in [0.15, 0.2) is 48.7 Å². The number of halogens is 2. The van der Waals surface area contributed by atoms with Crippen molar-refractivity contribution in [3.05, 3.63) is 64.3 Å². The number of carbonyl (C=O) groups excluding carboxylic acids is 1. The van der Waals surface area contributed by atoms with Gasteiger partial charge in [0.1, 0.15) is 5.75 Å². The predicted octanol–water partition coefficient (Wildman–Crippen LogP) is 4.01. The van der Waals surface area contributed by atoms with E-state index in [2.05, 4.69) is 19.9 Å². The molecule has 1 fully saturated rings. The van der Waals surface area contributed by atoms with Crippen molar-refractivity contribution in [3.63, 3.8) is 0 Å². The number of ether oxygens (including phenoxy) is 1. The van der Waals surface area contributed by atoms with E-state index in [-0.39, 0.29) is 18.5 Å². The molecule has 1 aliphatic rings. The minimum Gasteiger partial charge on any atom is -0.482 e. The Kier molecular flexibility index (Phi) is 6.75. The van der Waals surface area contributed by atoms with Crippen LogP contribution in [0.3, 0.4) is 0 Å². The third kappa shape index (κ3) is 5.12. The predicted molar refractivity (Wildman–Crippen MR) is 140 cm³/mol. The molecule has 11 heteroatoms. The Bertz CT molecular complexity index is 1420. The molecule has 0 radical (unpaired) electrons. The first-order valence-corrected chi connectivity index (χ1v) is 12.1. The quantitative estimate of drug-likeness (QED) is 0.417. The number of aryl methyl sites for hydroxylation is 1. The fraction of sp³-hybridized carbons (Fsp3) is 0.240. The molecular weight excluding hydrogens is 501 g/mol. The summed E-state index contributed by atoms with van der Waals surface area (Å²) in [5.41, 5.74) is 9.82. The van der Waals surface area contributed by atoms with Gasteiger partial charge in [-0.3, -0.25) is 4.79 Å². The molecule has 0 bridgehead atoms. The van der Waals surface area contributed by atoms with Gasteiger partial charge in [-0.25, -0.2) is 9.97 Å². The lowest BCUT2D eigenvalue weighted by atomic mass is 10.1. The summed E-state index contributed by atoms with van der Waals surface area (Å²) in [7, 11) is 0. The van der Waals surface area contributed by atoms with Gasteiger partial charge >= 0.3 is 0 Å². The van der Waals surface area contributed by atoms with Crippen LogP contribution in [-0.4, -0.2) is 63.5 Å². The molecule has 9 nitrogen and oxygen atoms in total. The second-order valence-corrected chi connectivity index (χ2v) is 9.27. The van der Waals surface area contributed by atoms with Gasteiger partial charge in [0.2, 0.25) is 5.95 Å². The molecule has 3 heterocycles. The van der Waals surface area contributed by atoms with Gasteiger partial charge in [-0.15, -0.1) is 0 Å². The largest absolute Gasteiger partial charge is 0.482 e. The highest BCUT2D eigenvalue weighted by atomic mass is 35.5. The van der Waals surface area contributed by atoms with E-state index in [0.29, 0.717) is 59.0 Å². The Balaban J connectivity index is 1.30. The summed E-state index contributed by atoms with van der Waals surface area (Å²) in [5.74, 6) is 1.02. The van der Waals surface area contributed by atoms with Gasteiger partial charge in [0.25, 0.3) is 5.91 Å². The molecule has 5 rings (SSSR count). The van der Waals surface area contributed by atoms with E-state index in [1.54, 1.807) is 29.3 Å². The van der Waals surface area contributed by atoms with Gasteiger partial charge in [-0.05, 0) is 25.1 Å². The van der Waals surface area contributed by atoms with E-state index < -0.39 is 0 Å². The van der Waals surface area contributed by atoms with Gasteiger partial charge in [0.05, 0.1) is 16.9 Å². The zero-order valence-electron chi connectivity index (χ0n) is 19.5. The standard InChI is InChI=1S/C25H23Cl2N7O2/c1-15-2-4-16(5-3-15)19-13-29-23-22(30-19)24(32-25(28)31-23)34-10-8-33(9-11-34)21(35)14-36-20-7-6-17(26)12-18(20)27/h2-7,12-13H,8-11,14H2,1H3,(H2,28,29,31,32). The molecule has 1 aliphatic heterocycles. The van der Waals surface area contributed by atoms with E-state index >= 15 is 0 Å². The highest BCUT2D eigenvalue weighted by molar-refractivity contribution is 6.35. The summed E-state index contributed by atoms with van der Waals surface area (Å²) in [6, 6.07) is 13.0. The van der Waals surface area contributed by atoms with Crippen LogP contribution in [-0.2, 0) is 4.79 Å². The topological polar surface area (TPSA) is 110 Å². The van der Waals surface area contributed by atoms with Crippen LogP contribution in [0.25, 0.3) is 22.4 Å². The zero-order valence-corrected chi connectivity index (χ0v) is 21.0. The van der Waals surface area contributed by atoms with Crippen molar-refractivity contribution in [3.8, 4) is 17.0 Å². The number of hydrogen-bond donors (Lipinski definition) is 1. The third-order valence-electron chi connectivity index (χ3n) is 5.93. The molecule has 36 heavy (non-hydrogen) atoms. The van der Waals surface area contributed by atoms with Crippen molar-refractivity contribution in [2.45, 2.75) is 6.92 Å². The smallest absolute Gasteiger partial charge is 0.260 e. The molecule has 0 atom stereocenters. The second-order valence-electron chi connectivity index (χ2n) is 8.43. The molecule has 1 saturated heterocycles. The summed E-state index contributed by atoms with van der Waals surface area (Å²) in [5, 5.41) is 0.864. The first-order chi connectivity index (χ1) is 17.4. The summed E-state index contributed by atoms with van der Waals surface area (Å²) >= 11 is 12.0. The lowest BCUT2D eigenvalue weighted by Gasteiger charge is -2.35. The maximum atomic E-state index is 12.7. The van der Waals surface area contributed by atoms with Crippen molar-refractivity contribution in [1.29, 1.82) is 0 Å². The van der Waals surface area contributed by atoms with Crippen LogP contribution in [0, 0.1) is 6.92 Å². The number of hydrogen-bond acceptors (Lipinski definition) is 8. The highest BCUT2D eigenvalue weighted by Crippen LogP contribution is 2.28. The molecule has 2 N–H and O–H groups in total. The first-order valence-electron chi connectivity index (χ1n) is 11.4. The number of fused-ring (bicyclic) bond motifs is 1. The van der Waals surface area contributed by atoms with Gasteiger partial charge < -0.3 is 20.3 Å². The van der Waals surface area contributed by atoms with E-state index in [4.69, 9.17) is 38.7 Å². The van der Waals surface area contributed by atoms with Crippen LogP contribution in [0.4, 0.5) is 11.8 Å². The molecule has 0 aliphatic carbocycles. The molecule has 184 valence electrons. The van der Waals surface area contributed by atoms with Crippen LogP contribution >= 0.6 is 23.2 Å². The zero-order chi connectivity index (χ0) is 25.2. The minimum absolute atomic E-state index is 0.115. The number of aromatic nitrogens is 4. The minimum atomic E-state index is -0.130. The number of amides is 1. The Morgan fingerprint density at radius 1 is 1.03 bits per heavy atom. The average molecular weight is 524 g/mol. The van der Waals surface area contributed by atoms with Crippen LogP contribution < -0.4 is 15.4 Å². The number of anilines is 2. The van der Waals surface area contributed by atoms with Gasteiger partial charge in [-0.1, -0.05) is 53.0 Å². The van der Waals surface area contributed by atoms with E-state index in [9.17, 15) is 4.79 Å². The Morgan fingerprint density at radius 3 is 2.50 bits per heavy atom. The van der Waals surface area contributed by atoms with Crippen LogP contribution in [0.1, 0.15) is 5.56 Å². The van der Waals surface area contributed by atoms with Crippen LogP contribution in [0.2, 0.25) is 10.0 Å². The maximum absolute atomic E-state index is 12.7. The Hall–Kier alpha value is -3.69. The van der Waals surface area contributed by atoms with Gasteiger partial charge in [0, 0.05) is 36.8 Å². The number of benzene rings is 2.